The van der Waals surface area contributed by atoms with Gasteiger partial charge in [0.25, 0.3) is 5.56 Å². The van der Waals surface area contributed by atoms with Gasteiger partial charge in [-0.2, -0.15) is 0 Å². The molecule has 3 atom stereocenters. The van der Waals surface area contributed by atoms with Gasteiger partial charge in [-0.1, -0.05) is 59.6 Å². The highest BCUT2D eigenvalue weighted by atomic mass is 35.5. The summed E-state index contributed by atoms with van der Waals surface area (Å²) in [5.74, 6) is 0.953. The number of halogens is 2. The van der Waals surface area contributed by atoms with Crippen LogP contribution in [0.5, 0.6) is 5.88 Å². The summed E-state index contributed by atoms with van der Waals surface area (Å²) in [5.41, 5.74) is 8.97. The summed E-state index contributed by atoms with van der Waals surface area (Å²) in [5, 5.41) is 13.9. The maximum Gasteiger partial charge on any atom is 0.262 e. The number of benzene rings is 2. The van der Waals surface area contributed by atoms with Crippen molar-refractivity contribution in [1.82, 2.24) is 35.6 Å². The number of nitrogens with one attached hydrogen (secondary N) is 4. The number of amides is 2. The Balaban J connectivity index is 0.985. The number of aromatic nitrogens is 3. The molecule has 0 radical (unpaired) electrons. The molecule has 2 aliphatic heterocycles. The Kier molecular flexibility index (Phi) is 10.9. The molecule has 5 heterocycles. The first-order valence-electron chi connectivity index (χ1n) is 18.9. The molecular formula is C42H43Cl2N7O4. The van der Waals surface area contributed by atoms with Crippen LogP contribution in [0.1, 0.15) is 66.0 Å². The summed E-state index contributed by atoms with van der Waals surface area (Å²) in [6, 6.07) is 18.5. The predicted molar refractivity (Wildman–Crippen MR) is 214 cm³/mol. The van der Waals surface area contributed by atoms with Crippen LogP contribution >= 0.6 is 23.2 Å². The number of hydrogen-bond acceptors (Lipinski definition) is 8. The molecule has 2 fully saturated rings. The number of methoxy groups -OCH3 is 1. The molecule has 4 N–H and O–H groups in total. The molecule has 13 heteroatoms. The normalized spacial score (nSPS) is 19.1. The van der Waals surface area contributed by atoms with Gasteiger partial charge in [-0.25, -0.2) is 9.97 Å². The van der Waals surface area contributed by atoms with Gasteiger partial charge >= 0.3 is 0 Å². The molecule has 3 aromatic heterocycles. The van der Waals surface area contributed by atoms with Crippen molar-refractivity contribution in [3.63, 3.8) is 0 Å². The molecule has 11 nitrogen and oxygen atoms in total. The lowest BCUT2D eigenvalue weighted by atomic mass is 9.91. The molecule has 0 unspecified atom stereocenters. The Morgan fingerprint density at radius 3 is 2.24 bits per heavy atom. The van der Waals surface area contributed by atoms with E-state index in [1.807, 2.05) is 30.3 Å². The highest BCUT2D eigenvalue weighted by Crippen LogP contribution is 2.44. The number of rotatable bonds is 13. The monoisotopic (exact) mass is 779 g/mol. The van der Waals surface area contributed by atoms with Gasteiger partial charge in [-0.3, -0.25) is 18.8 Å². The Morgan fingerprint density at radius 1 is 0.836 bits per heavy atom. The minimum Gasteiger partial charge on any atom is -0.481 e. The van der Waals surface area contributed by atoms with E-state index >= 15 is 0 Å². The third kappa shape index (κ3) is 7.84. The average molecular weight is 781 g/mol. The lowest BCUT2D eigenvalue weighted by Gasteiger charge is -2.17. The van der Waals surface area contributed by atoms with Gasteiger partial charge in [0.1, 0.15) is 5.65 Å². The zero-order valence-electron chi connectivity index (χ0n) is 30.6. The van der Waals surface area contributed by atoms with Gasteiger partial charge < -0.3 is 26.0 Å². The molecule has 55 heavy (non-hydrogen) atoms. The van der Waals surface area contributed by atoms with E-state index in [4.69, 9.17) is 32.9 Å². The molecule has 2 saturated heterocycles. The Hall–Kier alpha value is -4.81. The fourth-order valence-electron chi connectivity index (χ4n) is 8.22. The lowest BCUT2D eigenvalue weighted by Crippen LogP contribution is -2.36. The van der Waals surface area contributed by atoms with Crippen LogP contribution < -0.4 is 31.6 Å². The van der Waals surface area contributed by atoms with Crippen LogP contribution in [0.2, 0.25) is 10.0 Å². The first-order chi connectivity index (χ1) is 26.7. The van der Waals surface area contributed by atoms with Crippen molar-refractivity contribution in [2.75, 3.05) is 20.2 Å². The second kappa shape index (κ2) is 16.1. The van der Waals surface area contributed by atoms with Crippen molar-refractivity contribution in [3.8, 4) is 28.1 Å². The standard InChI is InChI=1S/C42H43Cl2N7O4/c1-55-41-26(19-45-22-28-9-12-38(52)48-28)16-35(43)36(50-41)17-24-8-11-33-30(24)4-2-6-32(33)34-7-3-5-31(40(34)44)25-14-15-51-37(18-25)47-21-27(42(51)54)20-46-23-29-10-13-39(53)49-29/h2-7,14-16,18,21,24,28-29,45-46H,8-13,17,19-20,22-23H2,1H3,(H,48,52)(H,49,53)/t24-,28-,29-/m0/s1. The van der Waals surface area contributed by atoms with Crippen LogP contribution in [0.25, 0.3) is 27.9 Å². The molecule has 8 rings (SSSR count). The van der Waals surface area contributed by atoms with Crippen LogP contribution in [0.15, 0.2) is 71.8 Å². The van der Waals surface area contributed by atoms with Crippen LogP contribution in [0.3, 0.4) is 0 Å². The molecule has 0 saturated carbocycles. The smallest absolute Gasteiger partial charge is 0.262 e. The summed E-state index contributed by atoms with van der Waals surface area (Å²) < 4.78 is 7.25. The van der Waals surface area contributed by atoms with Gasteiger partial charge in [-0.05, 0) is 78.5 Å². The zero-order valence-corrected chi connectivity index (χ0v) is 32.1. The van der Waals surface area contributed by atoms with Gasteiger partial charge in [0.05, 0.1) is 22.8 Å². The van der Waals surface area contributed by atoms with Crippen LogP contribution in [0, 0.1) is 0 Å². The molecule has 2 amide bonds. The molecule has 2 aromatic carbocycles. The largest absolute Gasteiger partial charge is 0.481 e. The third-order valence-corrected chi connectivity index (χ3v) is 11.8. The summed E-state index contributed by atoms with van der Waals surface area (Å²) in [6.45, 7) is 2.18. The number of pyridine rings is 2. The molecule has 1 aliphatic carbocycles. The number of fused-ring (bicyclic) bond motifs is 2. The molecule has 3 aliphatic rings. The van der Waals surface area contributed by atoms with Crippen molar-refractivity contribution in [3.05, 3.63) is 115 Å². The van der Waals surface area contributed by atoms with Crippen molar-refractivity contribution in [2.24, 2.45) is 0 Å². The fourth-order valence-corrected chi connectivity index (χ4v) is 8.81. The molecule has 0 bridgehead atoms. The van der Waals surface area contributed by atoms with E-state index in [1.165, 1.54) is 11.1 Å². The maximum absolute atomic E-state index is 13.3. The topological polar surface area (TPSA) is 139 Å². The minimum absolute atomic E-state index is 0.0691. The molecule has 5 aromatic rings. The van der Waals surface area contributed by atoms with E-state index in [-0.39, 0.29) is 35.4 Å². The van der Waals surface area contributed by atoms with Gasteiger partial charge in [0, 0.05) is 85.8 Å². The number of nitrogens with zero attached hydrogens (tertiary/aromatic N) is 3. The van der Waals surface area contributed by atoms with E-state index in [2.05, 4.69) is 50.5 Å². The van der Waals surface area contributed by atoms with Gasteiger partial charge in [-0.15, -0.1) is 0 Å². The highest BCUT2D eigenvalue weighted by molar-refractivity contribution is 6.36. The summed E-state index contributed by atoms with van der Waals surface area (Å²) in [4.78, 5) is 45.9. The summed E-state index contributed by atoms with van der Waals surface area (Å²) in [7, 11) is 1.63. The highest BCUT2D eigenvalue weighted by Gasteiger charge is 2.28. The van der Waals surface area contributed by atoms with Crippen molar-refractivity contribution < 1.29 is 14.3 Å². The van der Waals surface area contributed by atoms with Crippen molar-refractivity contribution in [2.45, 2.75) is 76.0 Å². The van der Waals surface area contributed by atoms with Gasteiger partial charge in [0.15, 0.2) is 0 Å². The quantitative estimate of drug-likeness (QED) is 0.119. The second-order valence-corrected chi connectivity index (χ2v) is 15.5. The van der Waals surface area contributed by atoms with E-state index in [0.717, 1.165) is 59.2 Å². The lowest BCUT2D eigenvalue weighted by molar-refractivity contribution is -0.120. The Bertz CT molecular complexity index is 2350. The predicted octanol–water partition coefficient (Wildman–Crippen LogP) is 5.75. The Morgan fingerprint density at radius 2 is 1.53 bits per heavy atom. The number of ether oxygens (including phenoxy) is 1. The molecule has 0 spiro atoms. The van der Waals surface area contributed by atoms with E-state index in [0.29, 0.717) is 72.6 Å². The Labute approximate surface area is 329 Å². The number of hydrogen-bond donors (Lipinski definition) is 4. The first-order valence-corrected chi connectivity index (χ1v) is 19.6. The maximum atomic E-state index is 13.3. The van der Waals surface area contributed by atoms with Gasteiger partial charge in [0.2, 0.25) is 17.7 Å². The van der Waals surface area contributed by atoms with Crippen LogP contribution in [-0.4, -0.2) is 58.5 Å². The fraction of sp³-hybridized carbons (Fsp3) is 0.357. The van der Waals surface area contributed by atoms with Crippen molar-refractivity contribution in [1.29, 1.82) is 0 Å². The number of carbonyl (C=O) groups excluding carboxylic acids is 2. The van der Waals surface area contributed by atoms with E-state index in [1.54, 1.807) is 23.9 Å². The van der Waals surface area contributed by atoms with E-state index in [9.17, 15) is 14.4 Å². The minimum atomic E-state index is -0.136. The van der Waals surface area contributed by atoms with E-state index < -0.39 is 0 Å². The summed E-state index contributed by atoms with van der Waals surface area (Å²) in [6.07, 6.45) is 8.66. The molecular weight excluding hydrogens is 737 g/mol. The first kappa shape index (κ1) is 37.1. The van der Waals surface area contributed by atoms with Crippen LogP contribution in [0.4, 0.5) is 0 Å². The SMILES string of the molecule is COc1nc(C[C@@H]2CCc3c(-c4cccc(-c5ccn6c(=O)c(CNC[C@@H]7CCC(=O)N7)cnc6c5)c4Cl)cccc32)c(Cl)cc1CNC[C@@H]1CCC(=O)N1. The average Bonchev–Trinajstić information content (AvgIpc) is 3.93. The second-order valence-electron chi connectivity index (χ2n) is 14.7. The zero-order chi connectivity index (χ0) is 38.1. The van der Waals surface area contributed by atoms with Crippen molar-refractivity contribution >= 4 is 40.7 Å². The summed E-state index contributed by atoms with van der Waals surface area (Å²) >= 11 is 14.1. The third-order valence-electron chi connectivity index (χ3n) is 11.1. The molecule has 284 valence electrons. The van der Waals surface area contributed by atoms with Crippen LogP contribution in [-0.2, 0) is 35.5 Å². The number of carbonyl (C=O) groups is 2.